The Morgan fingerprint density at radius 1 is 1.15 bits per heavy atom. The molecule has 0 atom stereocenters. The number of carbonyl (C=O) groups is 2. The summed E-state index contributed by atoms with van der Waals surface area (Å²) in [6.07, 6.45) is 10.2. The summed E-state index contributed by atoms with van der Waals surface area (Å²) >= 11 is 0. The molecule has 3 heterocycles. The fraction of sp³-hybridized carbons (Fsp3) is 0.300. The second-order valence-electron chi connectivity index (χ2n) is 6.12. The lowest BCUT2D eigenvalue weighted by Gasteiger charge is -2.06. The van der Waals surface area contributed by atoms with Gasteiger partial charge in [0.25, 0.3) is 5.91 Å². The number of primary amides is 1. The van der Waals surface area contributed by atoms with Gasteiger partial charge >= 0.3 is 0 Å². The van der Waals surface area contributed by atoms with Crippen LogP contribution < -0.4 is 11.1 Å². The smallest absolute Gasteiger partial charge is 0.267 e. The van der Waals surface area contributed by atoms with Crippen molar-refractivity contribution in [2.45, 2.75) is 25.7 Å². The minimum absolute atomic E-state index is 0.258. The van der Waals surface area contributed by atoms with Gasteiger partial charge in [-0.2, -0.15) is 0 Å². The molecule has 0 bridgehead atoms. The maximum atomic E-state index is 11.1. The third kappa shape index (κ3) is 5.21. The van der Waals surface area contributed by atoms with E-state index in [1.807, 2.05) is 36.9 Å². The van der Waals surface area contributed by atoms with E-state index in [1.54, 1.807) is 12.3 Å². The summed E-state index contributed by atoms with van der Waals surface area (Å²) < 4.78 is 1.96. The Balaban J connectivity index is 0.00000126. The predicted octanol–water partition coefficient (Wildman–Crippen LogP) is 2.27. The summed E-state index contributed by atoms with van der Waals surface area (Å²) in [6.45, 7) is 3.07. The van der Waals surface area contributed by atoms with Crippen LogP contribution in [0.3, 0.4) is 0 Å². The number of amides is 1. The molecule has 0 aliphatic carbocycles. The van der Waals surface area contributed by atoms with Gasteiger partial charge in [0.2, 0.25) is 0 Å². The predicted molar refractivity (Wildman–Crippen MR) is 106 cm³/mol. The highest BCUT2D eigenvalue weighted by Crippen LogP contribution is 2.20. The van der Waals surface area contributed by atoms with Gasteiger partial charge in [0.05, 0.1) is 11.9 Å². The number of pyridine rings is 2. The largest absolute Gasteiger partial charge is 0.364 e. The number of nitrogens with two attached hydrogens (primary N) is 1. The van der Waals surface area contributed by atoms with Crippen molar-refractivity contribution in [2.24, 2.45) is 5.73 Å². The van der Waals surface area contributed by atoms with E-state index in [-0.39, 0.29) is 5.69 Å². The molecule has 0 aliphatic rings. The average Bonchev–Trinajstić information content (AvgIpc) is 3.12. The number of unbranched alkanes of at least 4 members (excludes halogenated alkanes) is 2. The number of hydrogen-bond donors (Lipinski definition) is 2. The van der Waals surface area contributed by atoms with E-state index in [0.29, 0.717) is 0 Å². The van der Waals surface area contributed by atoms with Gasteiger partial charge in [0, 0.05) is 17.8 Å². The lowest BCUT2D eigenvalue weighted by atomic mass is 10.1. The van der Waals surface area contributed by atoms with Gasteiger partial charge in [-0.25, -0.2) is 9.97 Å². The average molecular weight is 367 g/mol. The Kier molecular flexibility index (Phi) is 7.63. The molecule has 7 nitrogen and oxygen atoms in total. The maximum absolute atomic E-state index is 11.1. The Morgan fingerprint density at radius 3 is 2.63 bits per heavy atom. The second kappa shape index (κ2) is 10.2. The number of fused-ring (bicyclic) bond motifs is 1. The highest BCUT2D eigenvalue weighted by Gasteiger charge is 2.08. The molecule has 0 spiro atoms. The van der Waals surface area contributed by atoms with Crippen molar-refractivity contribution in [1.82, 2.24) is 19.9 Å². The first-order chi connectivity index (χ1) is 13.2. The zero-order chi connectivity index (χ0) is 19.6. The molecule has 0 saturated carbocycles. The minimum atomic E-state index is -0.526. The quantitative estimate of drug-likeness (QED) is 0.595. The first kappa shape index (κ1) is 20.3. The zero-order valence-corrected chi connectivity index (χ0v) is 15.5. The molecule has 0 aromatic carbocycles. The fourth-order valence-corrected chi connectivity index (χ4v) is 2.90. The van der Waals surface area contributed by atoms with Crippen LogP contribution in [0.15, 0.2) is 42.9 Å². The monoisotopic (exact) mass is 367 g/mol. The highest BCUT2D eigenvalue weighted by molar-refractivity contribution is 5.90. The number of nitrogens with zero attached hydrogens (tertiary/aromatic N) is 3. The topological polar surface area (TPSA) is 103 Å². The van der Waals surface area contributed by atoms with E-state index in [9.17, 15) is 4.79 Å². The van der Waals surface area contributed by atoms with Gasteiger partial charge in [0.15, 0.2) is 0 Å². The molecule has 1 amide bonds. The molecular weight excluding hydrogens is 342 g/mol. The lowest BCUT2D eigenvalue weighted by Crippen LogP contribution is -2.12. The summed E-state index contributed by atoms with van der Waals surface area (Å²) in [4.78, 5) is 27.8. The number of aryl methyl sites for hydroxylation is 1. The van der Waals surface area contributed by atoms with E-state index in [2.05, 4.69) is 27.4 Å². The first-order valence-electron chi connectivity index (χ1n) is 8.84. The third-order valence-corrected chi connectivity index (χ3v) is 4.25. The van der Waals surface area contributed by atoms with E-state index in [4.69, 9.17) is 10.5 Å². The van der Waals surface area contributed by atoms with Gasteiger partial charge in [0.1, 0.15) is 18.1 Å². The second-order valence-corrected chi connectivity index (χ2v) is 6.12. The van der Waals surface area contributed by atoms with E-state index >= 15 is 0 Å². The van der Waals surface area contributed by atoms with Crippen molar-refractivity contribution < 1.29 is 9.59 Å². The number of aromatic nitrogens is 3. The molecule has 3 rings (SSSR count). The van der Waals surface area contributed by atoms with Crippen molar-refractivity contribution in [3.8, 4) is 5.69 Å². The number of rotatable bonds is 8. The normalized spacial score (nSPS) is 10.4. The molecule has 142 valence electrons. The van der Waals surface area contributed by atoms with Crippen LogP contribution in [-0.4, -0.2) is 40.8 Å². The van der Waals surface area contributed by atoms with E-state index < -0.39 is 5.91 Å². The van der Waals surface area contributed by atoms with Crippen molar-refractivity contribution in [1.29, 1.82) is 0 Å². The SMILES string of the molecule is C=O.CNCCCCCc1cnc2c(ccn2-c2ccc(C(N)=O)nc2)c1. The Morgan fingerprint density at radius 2 is 1.96 bits per heavy atom. The van der Waals surface area contributed by atoms with Crippen molar-refractivity contribution >= 4 is 23.7 Å². The molecular formula is C20H25N5O2. The molecule has 3 aromatic rings. The highest BCUT2D eigenvalue weighted by atomic mass is 16.1. The van der Waals surface area contributed by atoms with Crippen molar-refractivity contribution in [3.05, 3.63) is 54.1 Å². The standard InChI is InChI=1S/C19H23N5O.CH2O/c1-21-9-4-2-3-5-14-11-15-8-10-24(19(15)23-12-14)16-6-7-17(18(20)25)22-13-16;1-2/h6-8,10-13,21H,2-5,9H2,1H3,(H2,20,25);1H2. The molecule has 3 aromatic heterocycles. The molecule has 27 heavy (non-hydrogen) atoms. The van der Waals surface area contributed by atoms with Gasteiger partial charge in [-0.3, -0.25) is 9.36 Å². The van der Waals surface area contributed by atoms with Gasteiger partial charge in [-0.15, -0.1) is 0 Å². The molecule has 0 radical (unpaired) electrons. The van der Waals surface area contributed by atoms with Gasteiger partial charge < -0.3 is 15.8 Å². The van der Waals surface area contributed by atoms with Crippen LogP contribution in [0, 0.1) is 0 Å². The maximum Gasteiger partial charge on any atom is 0.267 e. The van der Waals surface area contributed by atoms with Crippen LogP contribution in [-0.2, 0) is 11.2 Å². The summed E-state index contributed by atoms with van der Waals surface area (Å²) in [5.41, 5.74) is 8.49. The van der Waals surface area contributed by atoms with Crippen LogP contribution in [0.2, 0.25) is 0 Å². The van der Waals surface area contributed by atoms with Crippen LogP contribution in [0.4, 0.5) is 0 Å². The van der Waals surface area contributed by atoms with Gasteiger partial charge in [-0.05, 0) is 62.7 Å². The molecule has 0 fully saturated rings. The molecule has 0 unspecified atom stereocenters. The van der Waals surface area contributed by atoms with Crippen molar-refractivity contribution in [3.63, 3.8) is 0 Å². The number of carbonyl (C=O) groups excluding carboxylic acids is 2. The Bertz CT molecular complexity index is 874. The Hall–Kier alpha value is -3.06. The molecule has 3 N–H and O–H groups in total. The fourth-order valence-electron chi connectivity index (χ4n) is 2.90. The number of hydrogen-bond acceptors (Lipinski definition) is 5. The van der Waals surface area contributed by atoms with E-state index in [1.165, 1.54) is 24.8 Å². The van der Waals surface area contributed by atoms with Crippen LogP contribution >= 0.6 is 0 Å². The zero-order valence-electron chi connectivity index (χ0n) is 15.5. The summed E-state index contributed by atoms with van der Waals surface area (Å²) in [5, 5.41) is 4.28. The van der Waals surface area contributed by atoms with Crippen LogP contribution in [0.25, 0.3) is 16.7 Å². The lowest BCUT2D eigenvalue weighted by molar-refractivity contribution is -0.0980. The van der Waals surface area contributed by atoms with Crippen LogP contribution in [0.1, 0.15) is 35.3 Å². The first-order valence-corrected chi connectivity index (χ1v) is 8.84. The Labute approximate surface area is 158 Å². The molecule has 0 aliphatic heterocycles. The van der Waals surface area contributed by atoms with Crippen LogP contribution in [0.5, 0.6) is 0 Å². The molecule has 0 saturated heterocycles. The number of nitrogens with one attached hydrogen (secondary N) is 1. The van der Waals surface area contributed by atoms with E-state index in [0.717, 1.165) is 29.7 Å². The van der Waals surface area contributed by atoms with Crippen molar-refractivity contribution in [2.75, 3.05) is 13.6 Å². The third-order valence-electron chi connectivity index (χ3n) is 4.25. The molecule has 7 heteroatoms. The minimum Gasteiger partial charge on any atom is -0.364 e. The summed E-state index contributed by atoms with van der Waals surface area (Å²) in [5.74, 6) is -0.526. The summed E-state index contributed by atoms with van der Waals surface area (Å²) in [6, 6.07) is 7.70. The van der Waals surface area contributed by atoms with Gasteiger partial charge in [-0.1, -0.05) is 6.42 Å². The summed E-state index contributed by atoms with van der Waals surface area (Å²) in [7, 11) is 1.99.